The van der Waals surface area contributed by atoms with Gasteiger partial charge in [-0.2, -0.15) is 5.10 Å². The Labute approximate surface area is 148 Å². The zero-order valence-electron chi connectivity index (χ0n) is 15.1. The van der Waals surface area contributed by atoms with Gasteiger partial charge in [0.15, 0.2) is 11.6 Å². The van der Waals surface area contributed by atoms with Gasteiger partial charge in [-0.1, -0.05) is 24.3 Å². The summed E-state index contributed by atoms with van der Waals surface area (Å²) in [6.07, 6.45) is 2.69. The molecule has 0 N–H and O–H groups in total. The topological polar surface area (TPSA) is 47.1 Å². The summed E-state index contributed by atoms with van der Waals surface area (Å²) in [7, 11) is 0. The number of hydrogen-bond donors (Lipinski definition) is 0. The van der Waals surface area contributed by atoms with Gasteiger partial charge in [0.1, 0.15) is 12.1 Å². The van der Waals surface area contributed by atoms with Gasteiger partial charge in [-0.3, -0.25) is 4.90 Å². The minimum atomic E-state index is -0.130. The Hall–Kier alpha value is -2.40. The molecular weight excluding hydrogens is 312 g/mol. The molecule has 0 radical (unpaired) electrons. The maximum absolute atomic E-state index is 6.09. The molecule has 0 atom stereocenters. The van der Waals surface area contributed by atoms with Crippen LogP contribution in [-0.2, 0) is 25.0 Å². The van der Waals surface area contributed by atoms with E-state index in [-0.39, 0.29) is 5.54 Å². The van der Waals surface area contributed by atoms with E-state index in [1.807, 2.05) is 10.7 Å². The Morgan fingerprint density at radius 2 is 1.88 bits per heavy atom. The highest BCUT2D eigenvalue weighted by Gasteiger charge is 2.22. The summed E-state index contributed by atoms with van der Waals surface area (Å²) >= 11 is 0. The molecule has 5 heteroatoms. The van der Waals surface area contributed by atoms with Crippen LogP contribution in [0, 0.1) is 0 Å². The molecule has 25 heavy (non-hydrogen) atoms. The van der Waals surface area contributed by atoms with E-state index in [9.17, 15) is 0 Å². The number of furan rings is 1. The SMILES string of the molecule is CC(C)(C)n1ncnc1-c1ccc(CN2CCc3ccccc3C2)o1. The van der Waals surface area contributed by atoms with Gasteiger partial charge in [0.05, 0.1) is 12.1 Å². The Morgan fingerprint density at radius 3 is 2.68 bits per heavy atom. The Bertz CT molecular complexity index is 872. The second-order valence-corrected chi connectivity index (χ2v) is 7.66. The molecule has 0 amide bonds. The monoisotopic (exact) mass is 336 g/mol. The van der Waals surface area contributed by atoms with Gasteiger partial charge in [-0.05, 0) is 50.5 Å². The first-order valence-corrected chi connectivity index (χ1v) is 8.79. The Balaban J connectivity index is 1.51. The highest BCUT2D eigenvalue weighted by molar-refractivity contribution is 5.47. The zero-order valence-corrected chi connectivity index (χ0v) is 15.1. The number of benzene rings is 1. The number of nitrogens with zero attached hydrogens (tertiary/aromatic N) is 4. The third kappa shape index (κ3) is 3.24. The van der Waals surface area contributed by atoms with Crippen LogP contribution in [0.2, 0.25) is 0 Å². The maximum Gasteiger partial charge on any atom is 0.194 e. The maximum atomic E-state index is 6.09. The van der Waals surface area contributed by atoms with Crippen LogP contribution >= 0.6 is 0 Å². The molecule has 0 spiro atoms. The van der Waals surface area contributed by atoms with Gasteiger partial charge >= 0.3 is 0 Å². The van der Waals surface area contributed by atoms with Crippen LogP contribution in [0.3, 0.4) is 0 Å². The standard InChI is InChI=1S/C20H24N4O/c1-20(2,3)24-19(21-14-22-24)18-9-8-17(25-18)13-23-11-10-15-6-4-5-7-16(15)12-23/h4-9,14H,10-13H2,1-3H3. The lowest BCUT2D eigenvalue weighted by Crippen LogP contribution is -2.29. The predicted octanol–water partition coefficient (Wildman–Crippen LogP) is 3.85. The molecule has 1 aromatic carbocycles. The van der Waals surface area contributed by atoms with Crippen molar-refractivity contribution in [1.29, 1.82) is 0 Å². The number of hydrogen-bond acceptors (Lipinski definition) is 4. The van der Waals surface area contributed by atoms with Crippen molar-refractivity contribution in [2.24, 2.45) is 0 Å². The quantitative estimate of drug-likeness (QED) is 0.729. The van der Waals surface area contributed by atoms with Crippen molar-refractivity contribution >= 4 is 0 Å². The summed E-state index contributed by atoms with van der Waals surface area (Å²) in [5.41, 5.74) is 2.76. The highest BCUT2D eigenvalue weighted by Crippen LogP contribution is 2.26. The average Bonchev–Trinajstić information content (AvgIpc) is 3.23. The zero-order chi connectivity index (χ0) is 17.4. The van der Waals surface area contributed by atoms with Crippen molar-refractivity contribution in [2.75, 3.05) is 6.54 Å². The van der Waals surface area contributed by atoms with E-state index >= 15 is 0 Å². The molecular formula is C20H24N4O. The van der Waals surface area contributed by atoms with Gasteiger partial charge in [-0.25, -0.2) is 9.67 Å². The van der Waals surface area contributed by atoms with Crippen LogP contribution in [0.1, 0.15) is 37.7 Å². The molecule has 2 aromatic heterocycles. The third-order valence-electron chi connectivity index (χ3n) is 4.65. The van der Waals surface area contributed by atoms with Crippen LogP contribution in [-0.4, -0.2) is 26.2 Å². The largest absolute Gasteiger partial charge is 0.456 e. The first kappa shape index (κ1) is 16.1. The predicted molar refractivity (Wildman–Crippen MR) is 97.0 cm³/mol. The van der Waals surface area contributed by atoms with Gasteiger partial charge in [0.2, 0.25) is 0 Å². The molecule has 130 valence electrons. The molecule has 1 aliphatic rings. The molecule has 0 bridgehead atoms. The summed E-state index contributed by atoms with van der Waals surface area (Å²) in [6, 6.07) is 12.8. The summed E-state index contributed by atoms with van der Waals surface area (Å²) in [5.74, 6) is 2.53. The van der Waals surface area contributed by atoms with E-state index < -0.39 is 0 Å². The van der Waals surface area contributed by atoms with Crippen molar-refractivity contribution in [1.82, 2.24) is 19.7 Å². The molecule has 3 aromatic rings. The van der Waals surface area contributed by atoms with E-state index in [2.05, 4.69) is 66.1 Å². The summed E-state index contributed by atoms with van der Waals surface area (Å²) in [6.45, 7) is 9.19. The number of fused-ring (bicyclic) bond motifs is 1. The minimum Gasteiger partial charge on any atom is -0.456 e. The van der Waals surface area contributed by atoms with E-state index in [1.54, 1.807) is 6.33 Å². The molecule has 1 aliphatic heterocycles. The van der Waals surface area contributed by atoms with E-state index in [1.165, 1.54) is 11.1 Å². The van der Waals surface area contributed by atoms with Gasteiger partial charge in [0, 0.05) is 13.1 Å². The lowest BCUT2D eigenvalue weighted by molar-refractivity contribution is 0.226. The fraction of sp³-hybridized carbons (Fsp3) is 0.400. The second-order valence-electron chi connectivity index (χ2n) is 7.66. The second kappa shape index (κ2) is 6.15. The van der Waals surface area contributed by atoms with Crippen LogP contribution in [0.25, 0.3) is 11.6 Å². The molecule has 0 aliphatic carbocycles. The number of aromatic nitrogens is 3. The van der Waals surface area contributed by atoms with Crippen LogP contribution < -0.4 is 0 Å². The molecule has 3 heterocycles. The van der Waals surface area contributed by atoms with E-state index in [0.29, 0.717) is 0 Å². The lowest BCUT2D eigenvalue weighted by atomic mass is 10.00. The molecule has 0 fully saturated rings. The lowest BCUT2D eigenvalue weighted by Gasteiger charge is -2.27. The fourth-order valence-corrected chi connectivity index (χ4v) is 3.39. The van der Waals surface area contributed by atoms with Crippen LogP contribution in [0.4, 0.5) is 0 Å². The summed E-state index contributed by atoms with van der Waals surface area (Å²) in [4.78, 5) is 6.82. The van der Waals surface area contributed by atoms with Crippen molar-refractivity contribution < 1.29 is 4.42 Å². The van der Waals surface area contributed by atoms with Crippen molar-refractivity contribution in [3.8, 4) is 11.6 Å². The smallest absolute Gasteiger partial charge is 0.194 e. The van der Waals surface area contributed by atoms with Gasteiger partial charge in [0.25, 0.3) is 0 Å². The van der Waals surface area contributed by atoms with E-state index in [4.69, 9.17) is 4.42 Å². The van der Waals surface area contributed by atoms with Crippen molar-refractivity contribution in [3.63, 3.8) is 0 Å². The molecule has 5 nitrogen and oxygen atoms in total. The third-order valence-corrected chi connectivity index (χ3v) is 4.65. The first-order chi connectivity index (χ1) is 12.0. The highest BCUT2D eigenvalue weighted by atomic mass is 16.3. The summed E-state index contributed by atoms with van der Waals surface area (Å²) in [5, 5.41) is 4.35. The van der Waals surface area contributed by atoms with Crippen LogP contribution in [0.5, 0.6) is 0 Å². The molecule has 0 saturated heterocycles. The average molecular weight is 336 g/mol. The molecule has 0 unspecified atom stereocenters. The minimum absolute atomic E-state index is 0.130. The van der Waals surface area contributed by atoms with Crippen molar-refractivity contribution in [3.05, 3.63) is 59.6 Å². The molecule has 4 rings (SSSR count). The normalized spacial score (nSPS) is 15.3. The van der Waals surface area contributed by atoms with Crippen molar-refractivity contribution in [2.45, 2.75) is 45.8 Å². The Kier molecular flexibility index (Phi) is 3.96. The van der Waals surface area contributed by atoms with Gasteiger partial charge < -0.3 is 4.42 Å². The summed E-state index contributed by atoms with van der Waals surface area (Å²) < 4.78 is 8.00. The fourth-order valence-electron chi connectivity index (χ4n) is 3.39. The van der Waals surface area contributed by atoms with Crippen LogP contribution in [0.15, 0.2) is 47.1 Å². The first-order valence-electron chi connectivity index (χ1n) is 8.79. The molecule has 0 saturated carbocycles. The van der Waals surface area contributed by atoms with E-state index in [0.717, 1.165) is 43.4 Å². The van der Waals surface area contributed by atoms with Gasteiger partial charge in [-0.15, -0.1) is 0 Å². The number of rotatable bonds is 3. The Morgan fingerprint density at radius 1 is 1.08 bits per heavy atom.